The molecule has 0 atom stereocenters. The summed E-state index contributed by atoms with van der Waals surface area (Å²) in [4.78, 5) is 14.8. The van der Waals surface area contributed by atoms with Gasteiger partial charge in [0.15, 0.2) is 0 Å². The predicted octanol–water partition coefficient (Wildman–Crippen LogP) is 5.04. The zero-order valence-corrected chi connectivity index (χ0v) is 12.3. The number of benzene rings is 2. The van der Waals surface area contributed by atoms with Crippen LogP contribution in [-0.2, 0) is 0 Å². The van der Waals surface area contributed by atoms with E-state index in [4.69, 9.17) is 11.6 Å². The van der Waals surface area contributed by atoms with Crippen LogP contribution in [0.2, 0.25) is 5.02 Å². The molecular formula is C15H9ClN2O2S. The minimum atomic E-state index is -0.413. The topological polar surface area (TPSA) is 56.0 Å². The van der Waals surface area contributed by atoms with Crippen molar-refractivity contribution in [3.05, 3.63) is 69.0 Å². The molecule has 21 heavy (non-hydrogen) atoms. The smallest absolute Gasteiger partial charge is 0.258 e. The van der Waals surface area contributed by atoms with Crippen molar-refractivity contribution >= 4 is 28.6 Å². The van der Waals surface area contributed by atoms with Gasteiger partial charge in [-0.2, -0.15) is 0 Å². The number of halogens is 1. The first-order valence-corrected chi connectivity index (χ1v) is 7.35. The Labute approximate surface area is 129 Å². The van der Waals surface area contributed by atoms with E-state index in [1.54, 1.807) is 12.1 Å². The average Bonchev–Trinajstić information content (AvgIpc) is 2.98. The van der Waals surface area contributed by atoms with Gasteiger partial charge in [-0.05, 0) is 24.3 Å². The highest BCUT2D eigenvalue weighted by atomic mass is 35.5. The van der Waals surface area contributed by atoms with Crippen LogP contribution in [-0.4, -0.2) is 9.91 Å². The van der Waals surface area contributed by atoms with Crippen LogP contribution in [0.3, 0.4) is 0 Å². The van der Waals surface area contributed by atoms with E-state index in [0.29, 0.717) is 5.02 Å². The van der Waals surface area contributed by atoms with Gasteiger partial charge in [0.05, 0.1) is 10.6 Å². The summed E-state index contributed by atoms with van der Waals surface area (Å²) in [7, 11) is 0. The van der Waals surface area contributed by atoms with Gasteiger partial charge in [0.1, 0.15) is 5.01 Å². The van der Waals surface area contributed by atoms with Gasteiger partial charge in [0, 0.05) is 33.7 Å². The maximum absolute atomic E-state index is 10.6. The number of hydrogen-bond acceptors (Lipinski definition) is 4. The van der Waals surface area contributed by atoms with Crippen LogP contribution in [0.4, 0.5) is 5.69 Å². The average molecular weight is 317 g/mol. The highest BCUT2D eigenvalue weighted by molar-refractivity contribution is 7.13. The molecule has 104 valence electrons. The summed E-state index contributed by atoms with van der Waals surface area (Å²) in [6, 6.07) is 13.9. The Balaban J connectivity index is 1.90. The maximum Gasteiger partial charge on any atom is 0.269 e. The number of rotatable bonds is 3. The van der Waals surface area contributed by atoms with Gasteiger partial charge in [-0.3, -0.25) is 10.1 Å². The summed E-state index contributed by atoms with van der Waals surface area (Å²) < 4.78 is 0. The van der Waals surface area contributed by atoms with Gasteiger partial charge in [-0.25, -0.2) is 4.98 Å². The van der Waals surface area contributed by atoms with Crippen LogP contribution in [0.1, 0.15) is 0 Å². The minimum absolute atomic E-state index is 0.0758. The Morgan fingerprint density at radius 3 is 2.24 bits per heavy atom. The molecule has 0 saturated carbocycles. The molecule has 0 amide bonds. The number of nitro benzene ring substituents is 1. The van der Waals surface area contributed by atoms with E-state index in [1.807, 2.05) is 29.6 Å². The summed E-state index contributed by atoms with van der Waals surface area (Å²) in [5, 5.41) is 14.2. The maximum atomic E-state index is 10.6. The molecule has 3 aromatic rings. The lowest BCUT2D eigenvalue weighted by atomic mass is 10.1. The number of thiazole rings is 1. The summed E-state index contributed by atoms with van der Waals surface area (Å²) in [6.07, 6.45) is 0. The molecule has 2 aromatic carbocycles. The Morgan fingerprint density at radius 1 is 1.00 bits per heavy atom. The van der Waals surface area contributed by atoms with Crippen molar-refractivity contribution in [3.63, 3.8) is 0 Å². The fourth-order valence-electron chi connectivity index (χ4n) is 1.89. The van der Waals surface area contributed by atoms with Crippen molar-refractivity contribution in [2.75, 3.05) is 0 Å². The highest BCUT2D eigenvalue weighted by Crippen LogP contribution is 2.30. The lowest BCUT2D eigenvalue weighted by molar-refractivity contribution is -0.384. The molecule has 0 radical (unpaired) electrons. The minimum Gasteiger partial charge on any atom is -0.258 e. The summed E-state index contributed by atoms with van der Waals surface area (Å²) in [5.74, 6) is 0. The second-order valence-corrected chi connectivity index (χ2v) is 5.64. The van der Waals surface area contributed by atoms with Gasteiger partial charge >= 0.3 is 0 Å². The van der Waals surface area contributed by atoms with E-state index in [-0.39, 0.29) is 5.69 Å². The molecule has 6 heteroatoms. The summed E-state index contributed by atoms with van der Waals surface area (Å²) in [6.45, 7) is 0. The van der Waals surface area contributed by atoms with Crippen LogP contribution in [0.25, 0.3) is 21.8 Å². The Hall–Kier alpha value is -2.24. The second kappa shape index (κ2) is 5.63. The molecule has 0 spiro atoms. The molecule has 0 saturated heterocycles. The molecule has 1 aromatic heterocycles. The first-order valence-electron chi connectivity index (χ1n) is 6.10. The summed E-state index contributed by atoms with van der Waals surface area (Å²) >= 11 is 7.39. The Kier molecular flexibility index (Phi) is 3.68. The first kappa shape index (κ1) is 13.7. The van der Waals surface area contributed by atoms with Gasteiger partial charge < -0.3 is 0 Å². The molecule has 4 nitrogen and oxygen atoms in total. The molecule has 3 rings (SSSR count). The van der Waals surface area contributed by atoms with E-state index in [0.717, 1.165) is 21.8 Å². The van der Waals surface area contributed by atoms with Crippen molar-refractivity contribution < 1.29 is 4.92 Å². The van der Waals surface area contributed by atoms with E-state index < -0.39 is 4.92 Å². The van der Waals surface area contributed by atoms with Crippen molar-refractivity contribution in [1.29, 1.82) is 0 Å². The van der Waals surface area contributed by atoms with E-state index >= 15 is 0 Å². The molecule has 0 aliphatic carbocycles. The molecule has 0 unspecified atom stereocenters. The van der Waals surface area contributed by atoms with E-state index in [9.17, 15) is 10.1 Å². The van der Waals surface area contributed by atoms with Crippen LogP contribution in [0, 0.1) is 10.1 Å². The number of nitro groups is 1. The van der Waals surface area contributed by atoms with Crippen molar-refractivity contribution in [3.8, 4) is 21.8 Å². The molecule has 0 N–H and O–H groups in total. The molecule has 0 aliphatic heterocycles. The SMILES string of the molecule is O=[N+]([O-])c1ccc(-c2csc(-c3ccc(Cl)cc3)n2)cc1. The van der Waals surface area contributed by atoms with Gasteiger partial charge in [-0.15, -0.1) is 11.3 Å². The van der Waals surface area contributed by atoms with Gasteiger partial charge in [0.25, 0.3) is 5.69 Å². The summed E-state index contributed by atoms with van der Waals surface area (Å²) in [5.41, 5.74) is 2.74. The normalized spacial score (nSPS) is 10.5. The van der Waals surface area contributed by atoms with Crippen molar-refractivity contribution in [2.45, 2.75) is 0 Å². The molecule has 1 heterocycles. The zero-order valence-electron chi connectivity index (χ0n) is 10.7. The largest absolute Gasteiger partial charge is 0.269 e. The number of non-ortho nitro benzene ring substituents is 1. The monoisotopic (exact) mass is 316 g/mol. The molecule has 0 bridgehead atoms. The lowest BCUT2D eigenvalue weighted by Gasteiger charge is -1.97. The molecular weight excluding hydrogens is 308 g/mol. The number of hydrogen-bond donors (Lipinski definition) is 0. The third kappa shape index (κ3) is 2.94. The Morgan fingerprint density at radius 2 is 1.62 bits per heavy atom. The number of nitrogens with zero attached hydrogens (tertiary/aromatic N) is 2. The quantitative estimate of drug-likeness (QED) is 0.502. The van der Waals surface area contributed by atoms with E-state index in [2.05, 4.69) is 4.98 Å². The Bertz CT molecular complexity index is 782. The zero-order chi connectivity index (χ0) is 14.8. The highest BCUT2D eigenvalue weighted by Gasteiger charge is 2.09. The van der Waals surface area contributed by atoms with Crippen LogP contribution >= 0.6 is 22.9 Å². The fourth-order valence-corrected chi connectivity index (χ4v) is 2.85. The second-order valence-electron chi connectivity index (χ2n) is 4.35. The molecule has 0 fully saturated rings. The lowest BCUT2D eigenvalue weighted by Crippen LogP contribution is -1.87. The predicted molar refractivity (Wildman–Crippen MR) is 84.7 cm³/mol. The van der Waals surface area contributed by atoms with Crippen LogP contribution < -0.4 is 0 Å². The third-order valence-corrected chi connectivity index (χ3v) is 4.11. The van der Waals surface area contributed by atoms with E-state index in [1.165, 1.54) is 23.5 Å². The van der Waals surface area contributed by atoms with Crippen molar-refractivity contribution in [2.24, 2.45) is 0 Å². The number of aromatic nitrogens is 1. The fraction of sp³-hybridized carbons (Fsp3) is 0. The standard InChI is InChI=1S/C15H9ClN2O2S/c16-12-5-1-11(2-6-12)15-17-14(9-21-15)10-3-7-13(8-4-10)18(19)20/h1-9H. The third-order valence-electron chi connectivity index (χ3n) is 2.97. The van der Waals surface area contributed by atoms with Gasteiger partial charge in [0.2, 0.25) is 0 Å². The van der Waals surface area contributed by atoms with Gasteiger partial charge in [-0.1, -0.05) is 23.7 Å². The molecule has 0 aliphatic rings. The first-order chi connectivity index (χ1) is 10.1. The van der Waals surface area contributed by atoms with Crippen LogP contribution in [0.15, 0.2) is 53.9 Å². The van der Waals surface area contributed by atoms with Crippen LogP contribution in [0.5, 0.6) is 0 Å². The van der Waals surface area contributed by atoms with Crippen molar-refractivity contribution in [1.82, 2.24) is 4.98 Å².